The second kappa shape index (κ2) is 4.37. The molecule has 1 saturated heterocycles. The minimum absolute atomic E-state index is 0.0873. The number of rotatable bonds is 0. The van der Waals surface area contributed by atoms with E-state index in [1.807, 2.05) is 24.3 Å². The van der Waals surface area contributed by atoms with Crippen LogP contribution in [0, 0.1) is 0 Å². The van der Waals surface area contributed by atoms with Crippen LogP contribution in [0.5, 0.6) is 23.0 Å². The highest BCUT2D eigenvalue weighted by atomic mass is 16.9. The first-order valence-corrected chi connectivity index (χ1v) is 8.23. The lowest BCUT2D eigenvalue weighted by Gasteiger charge is -2.37. The van der Waals surface area contributed by atoms with Gasteiger partial charge in [-0.25, -0.2) is 4.84 Å². The normalized spacial score (nSPS) is 23.2. The van der Waals surface area contributed by atoms with Crippen molar-refractivity contribution in [2.75, 3.05) is 0 Å². The summed E-state index contributed by atoms with van der Waals surface area (Å²) in [5, 5.41) is 19.9. The maximum Gasteiger partial charge on any atom is 0.296 e. The first-order valence-electron chi connectivity index (χ1n) is 8.23. The van der Waals surface area contributed by atoms with Crippen molar-refractivity contribution in [3.8, 4) is 23.0 Å². The first kappa shape index (κ1) is 14.1. The first-order chi connectivity index (χ1) is 12.6. The van der Waals surface area contributed by atoms with E-state index in [0.717, 1.165) is 22.3 Å². The lowest BCUT2D eigenvalue weighted by atomic mass is 9.77. The fraction of sp³-hybridized carbons (Fsp3) is 0.100. The van der Waals surface area contributed by atoms with Gasteiger partial charge in [0, 0.05) is 34.4 Å². The predicted octanol–water partition coefficient (Wildman–Crippen LogP) is 3.17. The number of fused-ring (bicyclic) bond motifs is 7. The predicted molar refractivity (Wildman–Crippen MR) is 89.6 cm³/mol. The molecular weight excluding hydrogens is 334 g/mol. The van der Waals surface area contributed by atoms with Gasteiger partial charge in [0.2, 0.25) is 0 Å². The molecule has 128 valence electrons. The van der Waals surface area contributed by atoms with Crippen LogP contribution in [-0.2, 0) is 21.1 Å². The van der Waals surface area contributed by atoms with Crippen molar-refractivity contribution < 1.29 is 24.5 Å². The molecule has 6 heteroatoms. The minimum Gasteiger partial charge on any atom is -0.508 e. The van der Waals surface area contributed by atoms with Crippen molar-refractivity contribution in [3.63, 3.8) is 0 Å². The minimum atomic E-state index is -1.00. The summed E-state index contributed by atoms with van der Waals surface area (Å²) < 4.78 is 12.5. The summed E-state index contributed by atoms with van der Waals surface area (Å²) in [5.41, 5.74) is 5.21. The molecular formula is C20H13NO5. The zero-order chi connectivity index (χ0) is 17.5. The maximum atomic E-state index is 9.93. The van der Waals surface area contributed by atoms with Gasteiger partial charge < -0.3 is 19.7 Å². The molecule has 0 radical (unpaired) electrons. The van der Waals surface area contributed by atoms with E-state index in [4.69, 9.17) is 14.3 Å². The Morgan fingerprint density at radius 3 is 1.88 bits per heavy atom. The van der Waals surface area contributed by atoms with E-state index in [2.05, 4.69) is 5.48 Å². The molecule has 0 aliphatic carbocycles. The summed E-state index contributed by atoms with van der Waals surface area (Å²) >= 11 is 0. The second-order valence-electron chi connectivity index (χ2n) is 6.61. The summed E-state index contributed by atoms with van der Waals surface area (Å²) in [5.74, 6) is 0.109. The van der Waals surface area contributed by atoms with Crippen molar-refractivity contribution in [2.24, 2.45) is 0 Å². The maximum absolute atomic E-state index is 9.93. The van der Waals surface area contributed by atoms with E-state index >= 15 is 0 Å². The van der Waals surface area contributed by atoms with E-state index in [9.17, 15) is 10.2 Å². The third kappa shape index (κ3) is 1.56. The molecule has 0 amide bonds. The number of aromatic hydroxyl groups is 2. The number of ether oxygens (including phenoxy) is 2. The number of nitrogens with one attached hydrogen (secondary N) is 1. The molecule has 3 aliphatic rings. The average molecular weight is 347 g/mol. The van der Waals surface area contributed by atoms with Crippen LogP contribution in [0.1, 0.15) is 22.3 Å². The van der Waals surface area contributed by atoms with Gasteiger partial charge in [0.1, 0.15) is 23.0 Å². The Bertz CT molecular complexity index is 1040. The highest BCUT2D eigenvalue weighted by Gasteiger charge is 2.65. The van der Waals surface area contributed by atoms with E-state index in [0.29, 0.717) is 11.5 Å². The zero-order valence-corrected chi connectivity index (χ0v) is 13.4. The molecule has 3 N–H and O–H groups in total. The largest absolute Gasteiger partial charge is 0.508 e. The Balaban J connectivity index is 1.74. The van der Waals surface area contributed by atoms with Gasteiger partial charge in [-0.15, -0.1) is 5.48 Å². The number of phenols is 2. The van der Waals surface area contributed by atoms with Crippen molar-refractivity contribution in [3.05, 3.63) is 82.9 Å². The van der Waals surface area contributed by atoms with Crippen molar-refractivity contribution >= 4 is 0 Å². The van der Waals surface area contributed by atoms with Crippen molar-refractivity contribution in [1.29, 1.82) is 0 Å². The van der Waals surface area contributed by atoms with Gasteiger partial charge in [0.15, 0.2) is 5.60 Å². The molecule has 6 nitrogen and oxygen atoms in total. The Hall–Kier alpha value is -3.06. The standard InChI is InChI=1S/C20H13NO5/c22-11-5-7-15-17(9-11)24-18-10-12(23)6-8-16(18)19(15)13-3-1-2-4-14(13)20(25-19)21-26-20/h1-10,21-23H. The Morgan fingerprint density at radius 2 is 1.31 bits per heavy atom. The number of hydroxylamine groups is 1. The molecule has 2 spiro atoms. The summed E-state index contributed by atoms with van der Waals surface area (Å²) in [4.78, 5) is 5.48. The Morgan fingerprint density at radius 1 is 0.731 bits per heavy atom. The molecule has 0 saturated carbocycles. The number of hydrogen-bond donors (Lipinski definition) is 3. The van der Waals surface area contributed by atoms with E-state index in [1.165, 1.54) is 0 Å². The lowest BCUT2D eigenvalue weighted by Crippen LogP contribution is -2.34. The van der Waals surface area contributed by atoms with Gasteiger partial charge >= 0.3 is 0 Å². The SMILES string of the molecule is Oc1ccc2c(c1)Oc1cc(O)ccc1C21OC2(NO2)c2ccccc21. The monoisotopic (exact) mass is 347 g/mol. The van der Waals surface area contributed by atoms with Crippen LogP contribution in [0.2, 0.25) is 0 Å². The highest BCUT2D eigenvalue weighted by molar-refractivity contribution is 5.66. The molecule has 1 atom stereocenters. The molecule has 3 aromatic rings. The third-order valence-corrected chi connectivity index (χ3v) is 5.15. The molecule has 3 aromatic carbocycles. The van der Waals surface area contributed by atoms with E-state index < -0.39 is 11.5 Å². The third-order valence-electron chi connectivity index (χ3n) is 5.15. The van der Waals surface area contributed by atoms with Crippen LogP contribution in [0.15, 0.2) is 60.7 Å². The van der Waals surface area contributed by atoms with E-state index in [-0.39, 0.29) is 11.5 Å². The Labute approximate surface area is 148 Å². The van der Waals surface area contributed by atoms with Gasteiger partial charge in [-0.1, -0.05) is 24.3 Å². The molecule has 0 aromatic heterocycles. The number of hydrogen-bond acceptors (Lipinski definition) is 6. The van der Waals surface area contributed by atoms with Crippen molar-refractivity contribution in [1.82, 2.24) is 5.48 Å². The summed E-state index contributed by atoms with van der Waals surface area (Å²) in [6.07, 6.45) is 0. The molecule has 1 fully saturated rings. The molecule has 0 bridgehead atoms. The van der Waals surface area contributed by atoms with Gasteiger partial charge in [-0.05, 0) is 24.3 Å². The second-order valence-corrected chi connectivity index (χ2v) is 6.61. The van der Waals surface area contributed by atoms with Crippen LogP contribution in [0.25, 0.3) is 0 Å². The van der Waals surface area contributed by atoms with Gasteiger partial charge in [0.25, 0.3) is 5.91 Å². The summed E-state index contributed by atoms with van der Waals surface area (Å²) in [6.45, 7) is 0. The molecule has 3 aliphatic heterocycles. The topological polar surface area (TPSA) is 93.4 Å². The van der Waals surface area contributed by atoms with Gasteiger partial charge in [0.05, 0.1) is 0 Å². The quantitative estimate of drug-likeness (QED) is 0.541. The smallest absolute Gasteiger partial charge is 0.296 e. The zero-order valence-electron chi connectivity index (χ0n) is 13.4. The highest BCUT2D eigenvalue weighted by Crippen LogP contribution is 2.62. The van der Waals surface area contributed by atoms with Gasteiger partial charge in [-0.2, -0.15) is 0 Å². The average Bonchev–Trinajstić information content (AvgIpc) is 3.35. The van der Waals surface area contributed by atoms with Crippen molar-refractivity contribution in [2.45, 2.75) is 11.5 Å². The van der Waals surface area contributed by atoms with E-state index in [1.54, 1.807) is 36.4 Å². The fourth-order valence-electron chi connectivity index (χ4n) is 4.04. The van der Waals surface area contributed by atoms with Crippen LogP contribution in [-0.4, -0.2) is 10.2 Å². The Kier molecular flexibility index (Phi) is 2.38. The molecule has 26 heavy (non-hydrogen) atoms. The lowest BCUT2D eigenvalue weighted by molar-refractivity contribution is -0.102. The number of phenolic OH excluding ortho intramolecular Hbond substituents is 2. The molecule has 6 rings (SSSR count). The summed E-state index contributed by atoms with van der Waals surface area (Å²) in [7, 11) is 0. The van der Waals surface area contributed by atoms with Crippen LogP contribution in [0.4, 0.5) is 0 Å². The van der Waals surface area contributed by atoms with Crippen LogP contribution >= 0.6 is 0 Å². The molecule has 3 heterocycles. The van der Waals surface area contributed by atoms with Crippen LogP contribution < -0.4 is 10.2 Å². The summed E-state index contributed by atoms with van der Waals surface area (Å²) in [6, 6.07) is 17.7. The molecule has 1 unspecified atom stereocenters. The van der Waals surface area contributed by atoms with Gasteiger partial charge in [-0.3, -0.25) is 0 Å². The number of benzene rings is 3. The van der Waals surface area contributed by atoms with Crippen LogP contribution in [0.3, 0.4) is 0 Å². The fourth-order valence-corrected chi connectivity index (χ4v) is 4.04.